The van der Waals surface area contributed by atoms with Crippen LogP contribution in [0.3, 0.4) is 0 Å². The summed E-state index contributed by atoms with van der Waals surface area (Å²) in [6.07, 6.45) is 40.6. The molecule has 2 nitrogen and oxygen atoms in total. The highest BCUT2D eigenvalue weighted by Crippen LogP contribution is 2.25. The molecule has 0 aliphatic heterocycles. The maximum atomic E-state index is 10.7. The largest absolute Gasteiger partial charge is 0.481 e. The molecule has 0 amide bonds. The predicted octanol–water partition coefficient (Wildman–Crippen LogP) is 12.4. The number of unbranched alkanes of at least 4 members (excludes halogenated alkanes) is 23. The lowest BCUT2D eigenvalue weighted by molar-refractivity contribution is -0.137. The maximum absolute atomic E-state index is 10.7. The van der Waals surface area contributed by atoms with E-state index >= 15 is 0 Å². The van der Waals surface area contributed by atoms with Gasteiger partial charge >= 0.3 is 5.97 Å². The van der Waals surface area contributed by atoms with Crippen molar-refractivity contribution in [2.24, 2.45) is 5.92 Å². The van der Waals surface area contributed by atoms with E-state index in [1.807, 2.05) is 0 Å². The number of carbonyl (C=O) groups is 1. The van der Waals surface area contributed by atoms with E-state index in [0.29, 0.717) is 6.42 Å². The number of rotatable bonds is 31. The fraction of sp³-hybridized carbons (Fsp3) is 0.971. The van der Waals surface area contributed by atoms with Gasteiger partial charge in [0.05, 0.1) is 0 Å². The lowest BCUT2D eigenvalue weighted by Crippen LogP contribution is -2.02. The Labute approximate surface area is 228 Å². The smallest absolute Gasteiger partial charge is 0.303 e. The summed E-state index contributed by atoms with van der Waals surface area (Å²) in [5, 5.41) is 8.85. The Morgan fingerprint density at radius 3 is 0.944 bits per heavy atom. The van der Waals surface area contributed by atoms with Crippen molar-refractivity contribution < 1.29 is 9.90 Å². The van der Waals surface area contributed by atoms with Crippen LogP contribution in [-0.4, -0.2) is 11.1 Å². The van der Waals surface area contributed by atoms with Gasteiger partial charge in [-0.15, -0.1) is 0 Å². The van der Waals surface area contributed by atoms with Crippen LogP contribution < -0.4 is 0 Å². The van der Waals surface area contributed by atoms with Crippen LogP contribution in [-0.2, 0) is 4.79 Å². The SMILES string of the molecule is CCCCCCCCCCCCCCCCCCC(CCCCCCCCC)CCCCCC(=O)O. The van der Waals surface area contributed by atoms with E-state index in [4.69, 9.17) is 5.11 Å². The Morgan fingerprint density at radius 2 is 0.667 bits per heavy atom. The monoisotopic (exact) mass is 509 g/mol. The summed E-state index contributed by atoms with van der Waals surface area (Å²) in [4.78, 5) is 10.7. The lowest BCUT2D eigenvalue weighted by atomic mass is 9.89. The molecule has 2 heteroatoms. The van der Waals surface area contributed by atoms with Gasteiger partial charge in [-0.25, -0.2) is 0 Å². The summed E-state index contributed by atoms with van der Waals surface area (Å²) in [7, 11) is 0. The van der Waals surface area contributed by atoms with Gasteiger partial charge in [-0.2, -0.15) is 0 Å². The van der Waals surface area contributed by atoms with Crippen molar-refractivity contribution in [3.63, 3.8) is 0 Å². The highest BCUT2D eigenvalue weighted by atomic mass is 16.4. The first-order valence-corrected chi connectivity index (χ1v) is 16.9. The quantitative estimate of drug-likeness (QED) is 0.0945. The minimum Gasteiger partial charge on any atom is -0.481 e. The van der Waals surface area contributed by atoms with Crippen LogP contribution in [0.25, 0.3) is 0 Å². The number of carboxylic acid groups (broad SMARTS) is 1. The molecule has 36 heavy (non-hydrogen) atoms. The number of carboxylic acids is 1. The summed E-state index contributed by atoms with van der Waals surface area (Å²) >= 11 is 0. The first-order valence-electron chi connectivity index (χ1n) is 16.9. The number of hydrogen-bond acceptors (Lipinski definition) is 1. The molecule has 1 N–H and O–H groups in total. The highest BCUT2D eigenvalue weighted by molar-refractivity contribution is 5.66. The summed E-state index contributed by atoms with van der Waals surface area (Å²) in [5.41, 5.74) is 0. The van der Waals surface area contributed by atoms with Crippen LogP contribution in [0.5, 0.6) is 0 Å². The van der Waals surface area contributed by atoms with Crippen LogP contribution in [0.15, 0.2) is 0 Å². The number of hydrogen-bond donors (Lipinski definition) is 1. The minimum absolute atomic E-state index is 0.349. The van der Waals surface area contributed by atoms with E-state index in [1.165, 1.54) is 173 Å². The summed E-state index contributed by atoms with van der Waals surface area (Å²) < 4.78 is 0. The second-order valence-corrected chi connectivity index (χ2v) is 11.9. The standard InChI is InChI=1S/C34H68O2/c1-3-5-7-9-11-12-13-14-15-16-17-18-19-21-23-26-30-33(31-27-24-28-32-34(35)36)29-25-22-20-10-8-6-4-2/h33H,3-32H2,1-2H3,(H,35,36). The molecule has 0 aromatic rings. The zero-order valence-electron chi connectivity index (χ0n) is 25.1. The molecule has 1 unspecified atom stereocenters. The first kappa shape index (κ1) is 35.5. The van der Waals surface area contributed by atoms with Crippen LogP contribution in [0.4, 0.5) is 0 Å². The third kappa shape index (κ3) is 29.7. The molecule has 0 saturated heterocycles. The van der Waals surface area contributed by atoms with Crippen molar-refractivity contribution in [1.82, 2.24) is 0 Å². The van der Waals surface area contributed by atoms with Crippen LogP contribution >= 0.6 is 0 Å². The zero-order chi connectivity index (χ0) is 26.4. The molecule has 0 bridgehead atoms. The normalized spacial score (nSPS) is 12.3. The van der Waals surface area contributed by atoms with Crippen LogP contribution in [0.1, 0.15) is 206 Å². The molecule has 0 rings (SSSR count). The molecule has 216 valence electrons. The Balaban J connectivity index is 3.68. The molecule has 0 aliphatic carbocycles. The van der Waals surface area contributed by atoms with Gasteiger partial charge in [0, 0.05) is 6.42 Å². The number of aliphatic carboxylic acids is 1. The Morgan fingerprint density at radius 1 is 0.417 bits per heavy atom. The molecule has 0 aliphatic rings. The van der Waals surface area contributed by atoms with Crippen molar-refractivity contribution in [1.29, 1.82) is 0 Å². The van der Waals surface area contributed by atoms with E-state index < -0.39 is 5.97 Å². The molecular weight excluding hydrogens is 440 g/mol. The molecule has 1 atom stereocenters. The Kier molecular flexibility index (Phi) is 30.2. The van der Waals surface area contributed by atoms with Gasteiger partial charge in [0.2, 0.25) is 0 Å². The Bertz CT molecular complexity index is 419. The molecule has 0 radical (unpaired) electrons. The van der Waals surface area contributed by atoms with E-state index in [1.54, 1.807) is 0 Å². The fourth-order valence-electron chi connectivity index (χ4n) is 5.69. The third-order valence-corrected chi connectivity index (χ3v) is 8.18. The lowest BCUT2D eigenvalue weighted by Gasteiger charge is -2.17. The maximum Gasteiger partial charge on any atom is 0.303 e. The van der Waals surface area contributed by atoms with E-state index in [0.717, 1.165) is 18.8 Å². The molecular formula is C34H68O2. The summed E-state index contributed by atoms with van der Waals surface area (Å²) in [6.45, 7) is 4.59. The van der Waals surface area contributed by atoms with Crippen LogP contribution in [0.2, 0.25) is 0 Å². The van der Waals surface area contributed by atoms with Gasteiger partial charge in [-0.05, 0) is 12.3 Å². The molecule has 0 aromatic carbocycles. The first-order chi connectivity index (χ1) is 17.7. The van der Waals surface area contributed by atoms with Crippen molar-refractivity contribution in [3.8, 4) is 0 Å². The van der Waals surface area contributed by atoms with Gasteiger partial charge in [0.25, 0.3) is 0 Å². The molecule has 0 fully saturated rings. The second-order valence-electron chi connectivity index (χ2n) is 11.9. The third-order valence-electron chi connectivity index (χ3n) is 8.18. The average molecular weight is 509 g/mol. The van der Waals surface area contributed by atoms with Gasteiger partial charge in [0.1, 0.15) is 0 Å². The van der Waals surface area contributed by atoms with Gasteiger partial charge < -0.3 is 5.11 Å². The van der Waals surface area contributed by atoms with Gasteiger partial charge in [-0.3, -0.25) is 4.79 Å². The molecule has 0 spiro atoms. The highest BCUT2D eigenvalue weighted by Gasteiger charge is 2.09. The second kappa shape index (κ2) is 30.7. The Hall–Kier alpha value is -0.530. The topological polar surface area (TPSA) is 37.3 Å². The van der Waals surface area contributed by atoms with E-state index in [9.17, 15) is 4.79 Å². The fourth-order valence-corrected chi connectivity index (χ4v) is 5.69. The van der Waals surface area contributed by atoms with Crippen molar-refractivity contribution >= 4 is 5.97 Å². The van der Waals surface area contributed by atoms with E-state index in [-0.39, 0.29) is 0 Å². The summed E-state index contributed by atoms with van der Waals surface area (Å²) in [5.74, 6) is 0.250. The van der Waals surface area contributed by atoms with Gasteiger partial charge in [-0.1, -0.05) is 194 Å². The van der Waals surface area contributed by atoms with Crippen molar-refractivity contribution in [3.05, 3.63) is 0 Å². The minimum atomic E-state index is -0.636. The molecule has 0 saturated carbocycles. The van der Waals surface area contributed by atoms with E-state index in [2.05, 4.69) is 13.8 Å². The molecule has 0 heterocycles. The summed E-state index contributed by atoms with van der Waals surface area (Å²) in [6, 6.07) is 0. The average Bonchev–Trinajstić information content (AvgIpc) is 2.87. The van der Waals surface area contributed by atoms with Gasteiger partial charge in [0.15, 0.2) is 0 Å². The predicted molar refractivity (Wildman–Crippen MR) is 161 cm³/mol. The van der Waals surface area contributed by atoms with Crippen LogP contribution in [0, 0.1) is 5.92 Å². The molecule has 0 aromatic heterocycles. The van der Waals surface area contributed by atoms with Crippen molar-refractivity contribution in [2.75, 3.05) is 0 Å². The van der Waals surface area contributed by atoms with Crippen molar-refractivity contribution in [2.45, 2.75) is 206 Å². The zero-order valence-corrected chi connectivity index (χ0v) is 25.1.